The van der Waals surface area contributed by atoms with E-state index in [4.69, 9.17) is 42.6 Å². The van der Waals surface area contributed by atoms with E-state index in [1.165, 1.54) is 44.3 Å². The monoisotopic (exact) mass is 1190 g/mol. The van der Waals surface area contributed by atoms with Crippen LogP contribution in [0.25, 0.3) is 10.8 Å². The average Bonchev–Trinajstić information content (AvgIpc) is 3.36. The van der Waals surface area contributed by atoms with E-state index in [0.717, 1.165) is 142 Å². The predicted octanol–water partition coefficient (Wildman–Crippen LogP) is 15.8. The largest absolute Gasteiger partial charge is 0.494 e. The smallest absolute Gasteiger partial charge is 0.343 e. The van der Waals surface area contributed by atoms with E-state index in [9.17, 15) is 24.0 Å². The molecule has 1 saturated carbocycles. The summed E-state index contributed by atoms with van der Waals surface area (Å²) in [6, 6.07) is 31.8. The molecule has 0 spiro atoms. The zero-order chi connectivity index (χ0) is 61.5. The third-order valence-corrected chi connectivity index (χ3v) is 15.1. The van der Waals surface area contributed by atoms with Gasteiger partial charge in [0.15, 0.2) is 0 Å². The lowest BCUT2D eigenvalue weighted by molar-refractivity contribution is -0.138. The number of esters is 5. The molecule has 87 heavy (non-hydrogen) atoms. The third kappa shape index (κ3) is 26.9. The number of fused-ring (bicyclic) bond motifs is 1. The van der Waals surface area contributed by atoms with Gasteiger partial charge in [0.25, 0.3) is 0 Å². The number of carbonyl (C=O) groups is 5. The Balaban J connectivity index is 0.863. The van der Waals surface area contributed by atoms with Crippen LogP contribution in [0.4, 0.5) is 0 Å². The van der Waals surface area contributed by atoms with Gasteiger partial charge in [0.2, 0.25) is 0 Å². The molecule has 1 aliphatic rings. The number of unbranched alkanes of at least 4 members (excludes halogenated alkanes) is 13. The summed E-state index contributed by atoms with van der Waals surface area (Å²) in [5.41, 5.74) is 2.24. The predicted molar refractivity (Wildman–Crippen MR) is 338 cm³/mol. The van der Waals surface area contributed by atoms with Crippen LogP contribution < -0.4 is 23.7 Å². The highest BCUT2D eigenvalue weighted by atomic mass is 16.6. The van der Waals surface area contributed by atoms with Crippen LogP contribution >= 0.6 is 0 Å². The number of hydrogen-bond acceptors (Lipinski definition) is 14. The number of ether oxygens (including phenoxy) is 9. The van der Waals surface area contributed by atoms with Crippen LogP contribution in [0, 0.1) is 23.7 Å². The summed E-state index contributed by atoms with van der Waals surface area (Å²) in [5.74, 6) is 8.09. The first kappa shape index (κ1) is 67.8. The molecule has 0 aliphatic heterocycles. The zero-order valence-electron chi connectivity index (χ0n) is 50.8. The van der Waals surface area contributed by atoms with Crippen molar-refractivity contribution in [2.75, 3.05) is 52.9 Å². The summed E-state index contributed by atoms with van der Waals surface area (Å²) in [6.07, 6.45) is 25.0. The van der Waals surface area contributed by atoms with Gasteiger partial charge in [-0.05, 0) is 210 Å². The van der Waals surface area contributed by atoms with E-state index in [-0.39, 0.29) is 29.9 Å². The first-order valence-electron chi connectivity index (χ1n) is 31.3. The Morgan fingerprint density at radius 3 is 1.37 bits per heavy atom. The number of hydrogen-bond donors (Lipinski definition) is 0. The Morgan fingerprint density at radius 2 is 0.805 bits per heavy atom. The molecule has 0 saturated heterocycles. The Bertz CT molecular complexity index is 3000. The molecule has 0 heterocycles. The average molecular weight is 1190 g/mol. The van der Waals surface area contributed by atoms with Gasteiger partial charge < -0.3 is 42.6 Å². The summed E-state index contributed by atoms with van der Waals surface area (Å²) in [4.78, 5) is 60.7. The van der Waals surface area contributed by atoms with E-state index < -0.39 is 17.9 Å². The molecule has 464 valence electrons. The topological polar surface area (TPSA) is 168 Å². The van der Waals surface area contributed by atoms with Crippen molar-refractivity contribution >= 4 is 40.6 Å². The highest BCUT2D eigenvalue weighted by Gasteiger charge is 2.23. The summed E-state index contributed by atoms with van der Waals surface area (Å²) < 4.78 is 50.9. The molecular weight excluding hydrogens is 1100 g/mol. The Hall–Kier alpha value is -8.31. The lowest BCUT2D eigenvalue weighted by atomic mass is 9.80. The van der Waals surface area contributed by atoms with Gasteiger partial charge in [-0.25, -0.2) is 24.0 Å². The molecule has 14 nitrogen and oxygen atoms in total. The van der Waals surface area contributed by atoms with Crippen LogP contribution in [0.1, 0.15) is 173 Å². The minimum absolute atomic E-state index is 0.0760. The second kappa shape index (κ2) is 40.1. The van der Waals surface area contributed by atoms with Gasteiger partial charge in [0.05, 0.1) is 58.4 Å². The van der Waals surface area contributed by atoms with Crippen LogP contribution in [-0.4, -0.2) is 82.7 Å². The number of rotatable bonds is 41. The zero-order valence-corrected chi connectivity index (χ0v) is 50.8. The van der Waals surface area contributed by atoms with Crippen molar-refractivity contribution < 1.29 is 66.6 Å². The lowest BCUT2D eigenvalue weighted by Gasteiger charge is -2.28. The maximum atomic E-state index is 13.6. The van der Waals surface area contributed by atoms with Crippen LogP contribution in [0.15, 0.2) is 141 Å². The fourth-order valence-corrected chi connectivity index (χ4v) is 10.0. The molecule has 1 fully saturated rings. The van der Waals surface area contributed by atoms with Gasteiger partial charge in [0, 0.05) is 29.4 Å². The quantitative estimate of drug-likeness (QED) is 0.00905. The minimum atomic E-state index is -0.625. The molecule has 1 aliphatic carbocycles. The Labute approximate surface area is 514 Å². The van der Waals surface area contributed by atoms with Crippen molar-refractivity contribution in [1.82, 2.24) is 0 Å². The summed E-state index contributed by atoms with van der Waals surface area (Å²) >= 11 is 0. The van der Waals surface area contributed by atoms with Crippen LogP contribution in [0.3, 0.4) is 0 Å². The molecule has 0 N–H and O–H groups in total. The van der Waals surface area contributed by atoms with Gasteiger partial charge in [0.1, 0.15) is 34.3 Å². The maximum absolute atomic E-state index is 13.6. The molecule has 5 aromatic carbocycles. The highest BCUT2D eigenvalue weighted by molar-refractivity contribution is 5.96. The van der Waals surface area contributed by atoms with Crippen LogP contribution in [0.5, 0.6) is 28.7 Å². The molecule has 0 atom stereocenters. The second-order valence-corrected chi connectivity index (χ2v) is 21.9. The van der Waals surface area contributed by atoms with Crippen LogP contribution in [-0.2, 0) is 33.3 Å². The van der Waals surface area contributed by atoms with Gasteiger partial charge in [-0.15, -0.1) is 0 Å². The molecule has 14 heteroatoms. The molecule has 0 amide bonds. The third-order valence-electron chi connectivity index (χ3n) is 15.1. The molecule has 6 rings (SSSR count). The maximum Gasteiger partial charge on any atom is 0.343 e. The van der Waals surface area contributed by atoms with Crippen LogP contribution in [0.2, 0.25) is 0 Å². The van der Waals surface area contributed by atoms with Crippen molar-refractivity contribution in [3.8, 4) is 40.6 Å². The highest BCUT2D eigenvalue weighted by Crippen LogP contribution is 2.34. The second-order valence-electron chi connectivity index (χ2n) is 21.9. The molecule has 0 radical (unpaired) electrons. The van der Waals surface area contributed by atoms with Crippen molar-refractivity contribution in [3.63, 3.8) is 0 Å². The van der Waals surface area contributed by atoms with Gasteiger partial charge in [-0.3, -0.25) is 0 Å². The van der Waals surface area contributed by atoms with Gasteiger partial charge >= 0.3 is 29.8 Å². The van der Waals surface area contributed by atoms with E-state index in [0.29, 0.717) is 82.1 Å². The molecule has 5 aromatic rings. The van der Waals surface area contributed by atoms with E-state index in [1.807, 2.05) is 36.4 Å². The minimum Gasteiger partial charge on any atom is -0.494 e. The standard InChI is InChI=1S/C73H88O14/c1-4-69(74)82-48-20-9-7-8-16-24-56-26-29-59(30-27-56)55-86-66-43-44-68(67(54-66)73(78)85-51-23-15-14-22-50-84-71(76)6-3)87-72(77)60-35-40-64(41-36-60)80-46-18-11-10-17-45-79-63-38-32-57(33-39-63)25-28-58-31-34-62-53-65(42-37-61(62)52-58)81-47-19-12-13-21-49-83-70(75)5-2/h4-6,31-44,52-54,56,59H,1-3,7-24,26-27,29-30,45-51,55H2. The number of carbonyl (C=O) groups excluding carboxylic acids is 5. The number of benzene rings is 5. The van der Waals surface area contributed by atoms with E-state index in [2.05, 4.69) is 55.8 Å². The van der Waals surface area contributed by atoms with Gasteiger partial charge in [-0.1, -0.05) is 88.7 Å². The first-order chi connectivity index (χ1) is 42.6. The summed E-state index contributed by atoms with van der Waals surface area (Å²) in [5, 5.41) is 2.19. The normalized spacial score (nSPS) is 13.4. The van der Waals surface area contributed by atoms with E-state index >= 15 is 0 Å². The Kier molecular flexibility index (Phi) is 31.3. The van der Waals surface area contributed by atoms with E-state index in [1.54, 1.807) is 42.5 Å². The summed E-state index contributed by atoms with van der Waals surface area (Å²) in [6.45, 7) is 13.9. The molecule has 0 unspecified atom stereocenters. The molecule has 0 aromatic heterocycles. The summed E-state index contributed by atoms with van der Waals surface area (Å²) in [7, 11) is 0. The van der Waals surface area contributed by atoms with Crippen molar-refractivity contribution in [2.45, 2.75) is 141 Å². The lowest BCUT2D eigenvalue weighted by Crippen LogP contribution is -2.20. The fourth-order valence-electron chi connectivity index (χ4n) is 10.0. The molecular formula is C73H88O14. The van der Waals surface area contributed by atoms with Gasteiger partial charge in [-0.2, -0.15) is 0 Å². The first-order valence-corrected chi connectivity index (χ1v) is 31.3. The van der Waals surface area contributed by atoms with Crippen molar-refractivity contribution in [2.24, 2.45) is 11.8 Å². The molecule has 0 bridgehead atoms. The van der Waals surface area contributed by atoms with Crippen molar-refractivity contribution in [3.05, 3.63) is 163 Å². The fraction of sp³-hybridized carbons (Fsp3) is 0.438. The van der Waals surface area contributed by atoms with Crippen molar-refractivity contribution in [1.29, 1.82) is 0 Å². The SMILES string of the molecule is C=CC(=O)OCCCCCCCC1CCC(COc2ccc(OC(=O)c3ccc(OCCCCCCOc4ccc(C#Cc5ccc6cc(OCCCCCCOC(=O)C=C)ccc6c5)cc4)cc3)c(C(=O)OCCCCCCOC(=O)C=C)c2)CC1. The Morgan fingerprint density at radius 1 is 0.391 bits per heavy atom.